The van der Waals surface area contributed by atoms with Gasteiger partial charge in [-0.2, -0.15) is 0 Å². The van der Waals surface area contributed by atoms with Crippen molar-refractivity contribution in [3.63, 3.8) is 0 Å². The van der Waals surface area contributed by atoms with Crippen molar-refractivity contribution in [3.8, 4) is 5.75 Å². The molecule has 0 aliphatic carbocycles. The van der Waals surface area contributed by atoms with Crippen molar-refractivity contribution in [2.45, 2.75) is 102 Å². The highest BCUT2D eigenvalue weighted by Gasteiger charge is 2.33. The molecule has 15 N–H and O–H groups in total. The van der Waals surface area contributed by atoms with Crippen LogP contribution < -0.4 is 48.7 Å². The molecule has 0 aliphatic rings. The molecule has 0 saturated heterocycles. The number of carbonyl (C=O) groups is 11. The van der Waals surface area contributed by atoms with Crippen LogP contribution in [-0.4, -0.2) is 135 Å². The summed E-state index contributed by atoms with van der Waals surface area (Å²) >= 11 is 0. The van der Waals surface area contributed by atoms with Crippen molar-refractivity contribution in [2.75, 3.05) is 13.2 Å². The Kier molecular flexibility index (Phi) is 22.2. The molecule has 0 radical (unpaired) electrons. The molecule has 2 aromatic carbocycles. The largest absolute Gasteiger partial charge is 0.508 e. The van der Waals surface area contributed by atoms with Crippen molar-refractivity contribution in [1.82, 2.24) is 37.2 Å². The van der Waals surface area contributed by atoms with Gasteiger partial charge in [-0.05, 0) is 86.9 Å². The summed E-state index contributed by atoms with van der Waals surface area (Å²) < 4.78 is 0. The molecule has 0 fully saturated rings. The molecule has 0 spiro atoms. The lowest BCUT2D eigenvalue weighted by Crippen LogP contribution is -2.60. The van der Waals surface area contributed by atoms with E-state index in [0.29, 0.717) is 5.56 Å². The molecule has 2 aromatic rings. The molecule has 0 unspecified atom stereocenters. The second-order valence-corrected chi connectivity index (χ2v) is 15.5. The number of amides is 9. The second kappa shape index (κ2) is 26.9. The summed E-state index contributed by atoms with van der Waals surface area (Å²) in [6.45, 7) is 2.91. The first-order valence-corrected chi connectivity index (χ1v) is 20.6. The van der Waals surface area contributed by atoms with Crippen LogP contribution in [0.1, 0.15) is 85.6 Å². The summed E-state index contributed by atoms with van der Waals surface area (Å²) in [6.07, 6.45) is -2.03. The van der Waals surface area contributed by atoms with Crippen LogP contribution in [-0.2, 0) is 49.6 Å². The van der Waals surface area contributed by atoms with Gasteiger partial charge in [-0.15, -0.1) is 0 Å². The summed E-state index contributed by atoms with van der Waals surface area (Å²) in [4.78, 5) is 138. The number of carbonyl (C=O) groups excluding carboxylic acids is 9. The molecule has 24 heteroatoms. The van der Waals surface area contributed by atoms with Crippen molar-refractivity contribution in [3.05, 3.63) is 65.2 Å². The minimum atomic E-state index is -1.78. The standard InChI is InChI=1S/C42H57N9O15/c1-21(2)18-30(41(65)49-29(13-6-23-4-11-26(53)12-5-23)40(64)48-27(36(44)60)14-16-33(55)56)50-42(66)31(20-52)51-39(63)28(15-17-34(57)58)47-32(54)19-45-37(61)22(3)46-38(62)25-9-7-24(8-10-25)35(43)59/h4-5,7-12,21-22,27-31,52-53H,6,13-20H2,1-3H3,(H2,43,59)(H2,44,60)(H,45,61)(H,46,62)(H,47,54)(H,48,64)(H,49,65)(H,50,66)(H,51,63)(H,55,56)(H,57,58)/t22-,27-,28-,29-,30-,31-/m0/s1. The number of rotatable bonds is 28. The van der Waals surface area contributed by atoms with E-state index in [4.69, 9.17) is 16.6 Å². The van der Waals surface area contributed by atoms with Gasteiger partial charge in [-0.25, -0.2) is 0 Å². The van der Waals surface area contributed by atoms with Crippen molar-refractivity contribution in [1.29, 1.82) is 0 Å². The zero-order chi connectivity index (χ0) is 49.7. The molecule has 0 heterocycles. The number of nitrogens with two attached hydrogens (primary N) is 2. The number of benzene rings is 2. The molecule has 66 heavy (non-hydrogen) atoms. The number of hydrogen-bond acceptors (Lipinski definition) is 13. The number of aliphatic hydroxyl groups excluding tert-OH is 1. The summed E-state index contributed by atoms with van der Waals surface area (Å²) in [6, 6.07) is 2.35. The normalized spacial score (nSPS) is 13.5. The lowest BCUT2D eigenvalue weighted by atomic mass is 10.00. The number of hydrogen-bond donors (Lipinski definition) is 13. The van der Waals surface area contributed by atoms with E-state index in [1.54, 1.807) is 26.0 Å². The van der Waals surface area contributed by atoms with E-state index in [2.05, 4.69) is 37.2 Å². The molecule has 6 atom stereocenters. The van der Waals surface area contributed by atoms with E-state index in [0.717, 1.165) is 0 Å². The Bertz CT molecular complexity index is 2080. The minimum Gasteiger partial charge on any atom is -0.508 e. The lowest BCUT2D eigenvalue weighted by Gasteiger charge is -2.27. The van der Waals surface area contributed by atoms with Crippen LogP contribution in [0, 0.1) is 5.92 Å². The van der Waals surface area contributed by atoms with Gasteiger partial charge in [0.15, 0.2) is 0 Å². The van der Waals surface area contributed by atoms with Gasteiger partial charge in [-0.1, -0.05) is 26.0 Å². The first-order valence-electron chi connectivity index (χ1n) is 20.6. The molecule has 0 saturated carbocycles. The molecule has 24 nitrogen and oxygen atoms in total. The SMILES string of the molecule is CC(C)C[C@H](NC(=O)[C@H](CO)NC(=O)[C@H](CCC(=O)O)NC(=O)CNC(=O)[C@H](C)NC(=O)c1ccc(C(N)=O)cc1)C(=O)N[C@@H](CCc1ccc(O)cc1)C(=O)N[C@@H](CCC(=O)O)C(N)=O. The number of aryl methyl sites for hydroxylation is 1. The molecule has 360 valence electrons. The van der Waals surface area contributed by atoms with Crippen LogP contribution >= 0.6 is 0 Å². The number of aliphatic carboxylic acids is 2. The summed E-state index contributed by atoms with van der Waals surface area (Å²) in [5.41, 5.74) is 11.5. The minimum absolute atomic E-state index is 0.0279. The third-order valence-electron chi connectivity index (χ3n) is 9.65. The topological polar surface area (TPSA) is 405 Å². The van der Waals surface area contributed by atoms with Gasteiger partial charge in [0.05, 0.1) is 13.2 Å². The summed E-state index contributed by atoms with van der Waals surface area (Å²) in [5.74, 6) is -11.2. The maximum absolute atomic E-state index is 13.8. The van der Waals surface area contributed by atoms with Gasteiger partial charge in [0, 0.05) is 24.0 Å². The summed E-state index contributed by atoms with van der Waals surface area (Å²) in [7, 11) is 0. The number of nitrogens with one attached hydrogen (secondary N) is 7. The van der Waals surface area contributed by atoms with Gasteiger partial charge in [0.1, 0.15) is 42.0 Å². The second-order valence-electron chi connectivity index (χ2n) is 15.5. The van der Waals surface area contributed by atoms with E-state index in [1.807, 2.05) is 0 Å². The molecular formula is C42H57N9O15. The number of phenolic OH excluding ortho intramolecular Hbond substituents is 1. The lowest BCUT2D eigenvalue weighted by molar-refractivity contribution is -0.139. The number of aromatic hydroxyl groups is 1. The maximum atomic E-state index is 13.8. The monoisotopic (exact) mass is 927 g/mol. The number of primary amides is 2. The van der Waals surface area contributed by atoms with E-state index in [1.165, 1.54) is 43.3 Å². The Hall–Kier alpha value is -7.63. The van der Waals surface area contributed by atoms with E-state index in [9.17, 15) is 68.1 Å². The first kappa shape index (κ1) is 54.5. The first-order chi connectivity index (χ1) is 31.0. The fraction of sp³-hybridized carbons (Fsp3) is 0.452. The van der Waals surface area contributed by atoms with Crippen molar-refractivity contribution < 1.29 is 73.2 Å². The highest BCUT2D eigenvalue weighted by molar-refractivity contribution is 6.00. The van der Waals surface area contributed by atoms with Gasteiger partial charge in [0.25, 0.3) is 5.91 Å². The molecule has 9 amide bonds. The molecule has 0 bridgehead atoms. The van der Waals surface area contributed by atoms with Gasteiger partial charge >= 0.3 is 11.9 Å². The quantitative estimate of drug-likeness (QED) is 0.0405. The number of phenols is 1. The third-order valence-corrected chi connectivity index (χ3v) is 9.65. The summed E-state index contributed by atoms with van der Waals surface area (Å²) in [5, 5.41) is 54.6. The maximum Gasteiger partial charge on any atom is 0.303 e. The predicted molar refractivity (Wildman–Crippen MR) is 230 cm³/mol. The number of carboxylic acids is 2. The number of aliphatic hydroxyl groups is 1. The number of carboxylic acid groups (broad SMARTS) is 2. The van der Waals surface area contributed by atoms with E-state index in [-0.39, 0.29) is 48.5 Å². The van der Waals surface area contributed by atoms with Gasteiger partial charge in [-0.3, -0.25) is 52.7 Å². The van der Waals surface area contributed by atoms with Gasteiger partial charge < -0.3 is 69.1 Å². The highest BCUT2D eigenvalue weighted by atomic mass is 16.4. The fourth-order valence-corrected chi connectivity index (χ4v) is 6.02. The Morgan fingerprint density at radius 2 is 1.03 bits per heavy atom. The predicted octanol–water partition coefficient (Wildman–Crippen LogP) is -2.96. The third kappa shape index (κ3) is 19.4. The van der Waals surface area contributed by atoms with Crippen LogP contribution in [0.5, 0.6) is 5.75 Å². The van der Waals surface area contributed by atoms with E-state index < -0.39 is 134 Å². The molecule has 2 rings (SSSR count). The van der Waals surface area contributed by atoms with Crippen molar-refractivity contribution in [2.24, 2.45) is 17.4 Å². The smallest absolute Gasteiger partial charge is 0.303 e. The molecule has 0 aromatic heterocycles. The molecular weight excluding hydrogens is 871 g/mol. The Morgan fingerprint density at radius 3 is 1.55 bits per heavy atom. The Morgan fingerprint density at radius 1 is 0.561 bits per heavy atom. The zero-order valence-corrected chi connectivity index (χ0v) is 36.5. The molecule has 0 aliphatic heterocycles. The average Bonchev–Trinajstić information content (AvgIpc) is 3.25. The Labute approximate surface area is 378 Å². The van der Waals surface area contributed by atoms with Crippen LogP contribution in [0.4, 0.5) is 0 Å². The van der Waals surface area contributed by atoms with Crippen LogP contribution in [0.2, 0.25) is 0 Å². The van der Waals surface area contributed by atoms with Crippen LogP contribution in [0.15, 0.2) is 48.5 Å². The van der Waals surface area contributed by atoms with Crippen LogP contribution in [0.25, 0.3) is 0 Å². The van der Waals surface area contributed by atoms with E-state index >= 15 is 0 Å². The Balaban J connectivity index is 2.18. The zero-order valence-electron chi connectivity index (χ0n) is 36.5. The van der Waals surface area contributed by atoms with Crippen molar-refractivity contribution >= 4 is 65.1 Å². The fourth-order valence-electron chi connectivity index (χ4n) is 6.02. The highest BCUT2D eigenvalue weighted by Crippen LogP contribution is 2.14. The average molecular weight is 928 g/mol. The van der Waals surface area contributed by atoms with Crippen LogP contribution in [0.3, 0.4) is 0 Å². The van der Waals surface area contributed by atoms with Gasteiger partial charge in [0.2, 0.25) is 47.3 Å².